The summed E-state index contributed by atoms with van der Waals surface area (Å²) in [5.74, 6) is -0.550. The molecule has 1 aromatic carbocycles. The lowest BCUT2D eigenvalue weighted by atomic mass is 10.0. The molecule has 0 radical (unpaired) electrons. The lowest BCUT2D eigenvalue weighted by molar-refractivity contribution is 0.0375. The molecule has 0 aromatic heterocycles. The first-order valence-corrected chi connectivity index (χ1v) is 5.98. The van der Waals surface area contributed by atoms with Crippen molar-refractivity contribution < 1.29 is 20.1 Å². The molecule has 0 bridgehead atoms. The lowest BCUT2D eigenvalue weighted by Gasteiger charge is -2.28. The summed E-state index contributed by atoms with van der Waals surface area (Å²) in [4.78, 5) is 12.0. The number of anilines is 1. The maximum absolute atomic E-state index is 12.0. The van der Waals surface area contributed by atoms with Gasteiger partial charge in [0.1, 0.15) is 5.54 Å². The Kier molecular flexibility index (Phi) is 5.09. The zero-order valence-electron chi connectivity index (χ0n) is 9.56. The van der Waals surface area contributed by atoms with Crippen molar-refractivity contribution in [2.45, 2.75) is 5.54 Å². The lowest BCUT2D eigenvalue weighted by Crippen LogP contribution is -2.57. The summed E-state index contributed by atoms with van der Waals surface area (Å²) in [6.07, 6.45) is 0. The van der Waals surface area contributed by atoms with Gasteiger partial charge in [0.15, 0.2) is 0 Å². The molecule has 7 heteroatoms. The number of benzene rings is 1. The minimum absolute atomic E-state index is 0.259. The Hall–Kier alpha value is -1.15. The van der Waals surface area contributed by atoms with E-state index in [1.165, 1.54) is 6.07 Å². The van der Waals surface area contributed by atoms with E-state index in [1.807, 2.05) is 0 Å². The second-order valence-corrected chi connectivity index (χ2v) is 4.71. The fourth-order valence-electron chi connectivity index (χ4n) is 1.30. The molecule has 1 rings (SSSR count). The van der Waals surface area contributed by atoms with Crippen molar-refractivity contribution in [3.8, 4) is 0 Å². The summed E-state index contributed by atoms with van der Waals surface area (Å²) in [5, 5.41) is 29.8. The molecule has 100 valence electrons. The van der Waals surface area contributed by atoms with Crippen LogP contribution in [0.25, 0.3) is 0 Å². The van der Waals surface area contributed by atoms with E-state index in [1.54, 1.807) is 12.1 Å². The predicted molar refractivity (Wildman–Crippen MR) is 70.0 cm³/mol. The second kappa shape index (κ2) is 6.14. The maximum atomic E-state index is 12.0. The van der Waals surface area contributed by atoms with Crippen LogP contribution in [0.2, 0.25) is 0 Å². The number of carbonyl (C=O) groups is 1. The standard InChI is InChI=1S/C11H15BrN2O4/c12-9-7(2-1-3-8(9)13)10(18)14-11(4-15,5-16)6-17/h1-3,15-17H,4-6,13H2,(H,14,18). The molecule has 0 saturated heterocycles. The molecular formula is C11H15BrN2O4. The van der Waals surface area contributed by atoms with Crippen LogP contribution in [0.4, 0.5) is 5.69 Å². The monoisotopic (exact) mass is 318 g/mol. The number of aliphatic hydroxyl groups excluding tert-OH is 3. The van der Waals surface area contributed by atoms with E-state index in [2.05, 4.69) is 21.2 Å². The maximum Gasteiger partial charge on any atom is 0.253 e. The largest absolute Gasteiger partial charge is 0.398 e. The highest BCUT2D eigenvalue weighted by Gasteiger charge is 2.30. The molecule has 0 atom stereocenters. The third kappa shape index (κ3) is 2.99. The van der Waals surface area contributed by atoms with Gasteiger partial charge in [0.2, 0.25) is 0 Å². The van der Waals surface area contributed by atoms with Crippen LogP contribution in [-0.2, 0) is 0 Å². The van der Waals surface area contributed by atoms with Crippen LogP contribution in [0.5, 0.6) is 0 Å². The van der Waals surface area contributed by atoms with Crippen molar-refractivity contribution in [1.29, 1.82) is 0 Å². The van der Waals surface area contributed by atoms with Crippen molar-refractivity contribution in [3.63, 3.8) is 0 Å². The number of hydrogen-bond donors (Lipinski definition) is 5. The van der Waals surface area contributed by atoms with Gasteiger partial charge < -0.3 is 26.4 Å². The highest BCUT2D eigenvalue weighted by atomic mass is 79.9. The molecule has 6 N–H and O–H groups in total. The Morgan fingerprint density at radius 3 is 2.33 bits per heavy atom. The number of halogens is 1. The Labute approximate surface area is 113 Å². The van der Waals surface area contributed by atoms with Gasteiger partial charge in [-0.15, -0.1) is 0 Å². The first kappa shape index (κ1) is 14.9. The quantitative estimate of drug-likeness (QED) is 0.468. The highest BCUT2D eigenvalue weighted by molar-refractivity contribution is 9.10. The topological polar surface area (TPSA) is 116 Å². The van der Waals surface area contributed by atoms with Crippen molar-refractivity contribution in [2.75, 3.05) is 25.6 Å². The van der Waals surface area contributed by atoms with Gasteiger partial charge in [-0.1, -0.05) is 6.07 Å². The number of amides is 1. The van der Waals surface area contributed by atoms with E-state index in [4.69, 9.17) is 21.1 Å². The highest BCUT2D eigenvalue weighted by Crippen LogP contribution is 2.24. The predicted octanol–water partition coefficient (Wildman–Crippen LogP) is -0.523. The average molecular weight is 319 g/mol. The third-order valence-electron chi connectivity index (χ3n) is 2.56. The van der Waals surface area contributed by atoms with Gasteiger partial charge in [0.05, 0.1) is 29.9 Å². The molecule has 1 aromatic rings. The van der Waals surface area contributed by atoms with Crippen molar-refractivity contribution in [2.24, 2.45) is 0 Å². The Bertz CT molecular complexity index is 427. The number of nitrogens with two attached hydrogens (primary N) is 1. The summed E-state index contributed by atoms with van der Waals surface area (Å²) in [7, 11) is 0. The molecule has 0 aliphatic heterocycles. The van der Waals surface area contributed by atoms with E-state index in [-0.39, 0.29) is 5.56 Å². The van der Waals surface area contributed by atoms with E-state index in [0.717, 1.165) is 0 Å². The number of nitrogen functional groups attached to an aromatic ring is 1. The van der Waals surface area contributed by atoms with E-state index >= 15 is 0 Å². The molecule has 18 heavy (non-hydrogen) atoms. The van der Waals surface area contributed by atoms with Crippen LogP contribution in [0.3, 0.4) is 0 Å². The molecule has 0 unspecified atom stereocenters. The van der Waals surface area contributed by atoms with E-state index < -0.39 is 31.3 Å². The average Bonchev–Trinajstić information content (AvgIpc) is 2.39. The summed E-state index contributed by atoms with van der Waals surface area (Å²) in [6.45, 7) is -1.73. The number of nitrogens with one attached hydrogen (secondary N) is 1. The molecule has 6 nitrogen and oxygen atoms in total. The number of aliphatic hydroxyl groups is 3. The zero-order valence-corrected chi connectivity index (χ0v) is 11.1. The summed E-state index contributed by atoms with van der Waals surface area (Å²) < 4.78 is 0.421. The fraction of sp³-hybridized carbons (Fsp3) is 0.364. The van der Waals surface area contributed by atoms with Gasteiger partial charge in [0, 0.05) is 5.69 Å². The Morgan fingerprint density at radius 1 is 1.28 bits per heavy atom. The van der Waals surface area contributed by atoms with Crippen molar-refractivity contribution >= 4 is 27.5 Å². The van der Waals surface area contributed by atoms with Crippen LogP contribution in [-0.4, -0.2) is 46.6 Å². The number of rotatable bonds is 5. The third-order valence-corrected chi connectivity index (χ3v) is 3.44. The summed E-state index contributed by atoms with van der Waals surface area (Å²) in [6, 6.07) is 4.76. The normalized spacial score (nSPS) is 11.3. The van der Waals surface area contributed by atoms with Crippen LogP contribution in [0.1, 0.15) is 10.4 Å². The van der Waals surface area contributed by atoms with Crippen molar-refractivity contribution in [3.05, 3.63) is 28.2 Å². The minimum atomic E-state index is -1.46. The van der Waals surface area contributed by atoms with Crippen LogP contribution in [0.15, 0.2) is 22.7 Å². The molecule has 1 amide bonds. The van der Waals surface area contributed by atoms with E-state index in [9.17, 15) is 4.79 Å². The minimum Gasteiger partial charge on any atom is -0.398 e. The number of hydrogen-bond acceptors (Lipinski definition) is 5. The van der Waals surface area contributed by atoms with Crippen LogP contribution in [0, 0.1) is 0 Å². The molecular weight excluding hydrogens is 304 g/mol. The van der Waals surface area contributed by atoms with Gasteiger partial charge in [-0.25, -0.2) is 0 Å². The molecule has 0 spiro atoms. The van der Waals surface area contributed by atoms with Gasteiger partial charge >= 0.3 is 0 Å². The first-order valence-electron chi connectivity index (χ1n) is 5.19. The Morgan fingerprint density at radius 2 is 1.83 bits per heavy atom. The van der Waals surface area contributed by atoms with Gasteiger partial charge in [-0.3, -0.25) is 4.79 Å². The van der Waals surface area contributed by atoms with Crippen LogP contribution >= 0.6 is 15.9 Å². The van der Waals surface area contributed by atoms with Crippen LogP contribution < -0.4 is 11.1 Å². The fourth-order valence-corrected chi connectivity index (χ4v) is 1.75. The molecule has 0 saturated carbocycles. The zero-order chi connectivity index (χ0) is 13.8. The molecule has 0 heterocycles. The molecule has 0 aliphatic carbocycles. The smallest absolute Gasteiger partial charge is 0.253 e. The van der Waals surface area contributed by atoms with Gasteiger partial charge in [-0.2, -0.15) is 0 Å². The summed E-state index contributed by atoms with van der Waals surface area (Å²) >= 11 is 3.18. The van der Waals surface area contributed by atoms with Crippen molar-refractivity contribution in [1.82, 2.24) is 5.32 Å². The Balaban J connectivity index is 2.98. The van der Waals surface area contributed by atoms with Gasteiger partial charge in [-0.05, 0) is 28.1 Å². The first-order chi connectivity index (χ1) is 8.49. The molecule has 0 aliphatic rings. The van der Waals surface area contributed by atoms with Gasteiger partial charge in [0.25, 0.3) is 5.91 Å². The number of carbonyl (C=O) groups excluding carboxylic acids is 1. The summed E-state index contributed by atoms with van der Waals surface area (Å²) in [5.41, 5.74) is 4.84. The SMILES string of the molecule is Nc1cccc(C(=O)NC(CO)(CO)CO)c1Br. The van der Waals surface area contributed by atoms with E-state index in [0.29, 0.717) is 10.2 Å². The second-order valence-electron chi connectivity index (χ2n) is 3.92. The molecule has 0 fully saturated rings.